The first-order valence-corrected chi connectivity index (χ1v) is 4.80. The number of carboxylic acids is 1. The SMILES string of the molecule is CN(C)CC(C(=O)O)N1CCOCC1. The lowest BCUT2D eigenvalue weighted by molar-refractivity contribution is -0.145. The van der Waals surface area contributed by atoms with Gasteiger partial charge in [0.25, 0.3) is 0 Å². The number of nitrogens with zero attached hydrogens (tertiary/aromatic N) is 2. The highest BCUT2D eigenvalue weighted by Crippen LogP contribution is 2.05. The molecule has 1 N–H and O–H groups in total. The molecule has 1 aliphatic rings. The Balaban J connectivity index is 2.51. The summed E-state index contributed by atoms with van der Waals surface area (Å²) in [5, 5.41) is 9.07. The van der Waals surface area contributed by atoms with Crippen LogP contribution in [-0.4, -0.2) is 73.9 Å². The summed E-state index contributed by atoms with van der Waals surface area (Å²) >= 11 is 0. The Kier molecular flexibility index (Phi) is 4.31. The van der Waals surface area contributed by atoms with Crippen LogP contribution in [0.25, 0.3) is 0 Å². The molecule has 1 rings (SSSR count). The van der Waals surface area contributed by atoms with Crippen molar-refractivity contribution >= 4 is 5.97 Å². The number of rotatable bonds is 4. The summed E-state index contributed by atoms with van der Waals surface area (Å²) in [5.41, 5.74) is 0. The summed E-state index contributed by atoms with van der Waals surface area (Å²) in [4.78, 5) is 14.9. The molecule has 0 saturated carbocycles. The average molecular weight is 202 g/mol. The van der Waals surface area contributed by atoms with E-state index in [0.717, 1.165) is 0 Å². The topological polar surface area (TPSA) is 53.0 Å². The molecular formula is C9H18N2O3. The van der Waals surface area contributed by atoms with Gasteiger partial charge < -0.3 is 14.7 Å². The van der Waals surface area contributed by atoms with Crippen molar-refractivity contribution < 1.29 is 14.6 Å². The first kappa shape index (κ1) is 11.4. The predicted molar refractivity (Wildman–Crippen MR) is 52.4 cm³/mol. The highest BCUT2D eigenvalue weighted by Gasteiger charge is 2.27. The van der Waals surface area contributed by atoms with Crippen LogP contribution in [0, 0.1) is 0 Å². The molecule has 0 bridgehead atoms. The molecule has 1 unspecified atom stereocenters. The van der Waals surface area contributed by atoms with Crippen molar-refractivity contribution in [1.82, 2.24) is 9.80 Å². The number of carbonyl (C=O) groups is 1. The van der Waals surface area contributed by atoms with E-state index in [4.69, 9.17) is 9.84 Å². The van der Waals surface area contributed by atoms with Crippen LogP contribution in [-0.2, 0) is 9.53 Å². The number of ether oxygens (including phenoxy) is 1. The first-order chi connectivity index (χ1) is 6.61. The van der Waals surface area contributed by atoms with Crippen molar-refractivity contribution in [3.63, 3.8) is 0 Å². The van der Waals surface area contributed by atoms with Crippen molar-refractivity contribution in [2.24, 2.45) is 0 Å². The Hall–Kier alpha value is -0.650. The normalized spacial score (nSPS) is 21.1. The predicted octanol–water partition coefficient (Wildman–Crippen LogP) is -0.667. The monoisotopic (exact) mass is 202 g/mol. The van der Waals surface area contributed by atoms with E-state index in [1.807, 2.05) is 23.9 Å². The summed E-state index contributed by atoms with van der Waals surface area (Å²) in [7, 11) is 3.77. The molecule has 0 amide bonds. The smallest absolute Gasteiger partial charge is 0.322 e. The van der Waals surface area contributed by atoms with Gasteiger partial charge in [-0.1, -0.05) is 0 Å². The number of morpholine rings is 1. The number of hydrogen-bond donors (Lipinski definition) is 1. The highest BCUT2D eigenvalue weighted by atomic mass is 16.5. The molecule has 0 spiro atoms. The third kappa shape index (κ3) is 3.25. The van der Waals surface area contributed by atoms with E-state index in [0.29, 0.717) is 32.8 Å². The van der Waals surface area contributed by atoms with Crippen LogP contribution in [0.1, 0.15) is 0 Å². The van der Waals surface area contributed by atoms with Crippen LogP contribution in [0.5, 0.6) is 0 Å². The molecule has 14 heavy (non-hydrogen) atoms. The fourth-order valence-electron chi connectivity index (χ4n) is 1.58. The van der Waals surface area contributed by atoms with Crippen molar-refractivity contribution in [2.45, 2.75) is 6.04 Å². The van der Waals surface area contributed by atoms with Crippen molar-refractivity contribution in [3.05, 3.63) is 0 Å². The standard InChI is InChI=1S/C9H18N2O3/c1-10(2)7-8(9(12)13)11-3-5-14-6-4-11/h8H,3-7H2,1-2H3,(H,12,13). The zero-order valence-electron chi connectivity index (χ0n) is 8.77. The van der Waals surface area contributed by atoms with Gasteiger partial charge in [-0.15, -0.1) is 0 Å². The minimum atomic E-state index is -0.749. The number of carboxylic acid groups (broad SMARTS) is 1. The van der Waals surface area contributed by atoms with E-state index in [1.165, 1.54) is 0 Å². The molecule has 1 aliphatic heterocycles. The lowest BCUT2D eigenvalue weighted by Gasteiger charge is -2.33. The highest BCUT2D eigenvalue weighted by molar-refractivity contribution is 5.73. The van der Waals surface area contributed by atoms with Gasteiger partial charge >= 0.3 is 5.97 Å². The molecule has 82 valence electrons. The van der Waals surface area contributed by atoms with E-state index >= 15 is 0 Å². The van der Waals surface area contributed by atoms with E-state index in [-0.39, 0.29) is 0 Å². The Morgan fingerprint density at radius 2 is 2.07 bits per heavy atom. The minimum Gasteiger partial charge on any atom is -0.480 e. The summed E-state index contributed by atoms with van der Waals surface area (Å²) in [6.07, 6.45) is 0. The zero-order valence-corrected chi connectivity index (χ0v) is 8.77. The quantitative estimate of drug-likeness (QED) is 0.655. The van der Waals surface area contributed by atoms with Crippen LogP contribution >= 0.6 is 0 Å². The van der Waals surface area contributed by atoms with Crippen LogP contribution in [0.3, 0.4) is 0 Å². The van der Waals surface area contributed by atoms with Crippen LogP contribution in [0.2, 0.25) is 0 Å². The van der Waals surface area contributed by atoms with Gasteiger partial charge in [0.15, 0.2) is 0 Å². The lowest BCUT2D eigenvalue weighted by atomic mass is 10.2. The van der Waals surface area contributed by atoms with Gasteiger partial charge in [-0.2, -0.15) is 0 Å². The zero-order chi connectivity index (χ0) is 10.6. The summed E-state index contributed by atoms with van der Waals surface area (Å²) in [6, 6.07) is -0.408. The maximum atomic E-state index is 11.0. The molecule has 0 aromatic carbocycles. The van der Waals surface area contributed by atoms with Crippen molar-refractivity contribution in [2.75, 3.05) is 46.9 Å². The Bertz CT molecular complexity index is 190. The Morgan fingerprint density at radius 1 is 1.50 bits per heavy atom. The van der Waals surface area contributed by atoms with Crippen LogP contribution < -0.4 is 0 Å². The van der Waals surface area contributed by atoms with Crippen molar-refractivity contribution in [1.29, 1.82) is 0 Å². The number of aliphatic carboxylic acids is 1. The van der Waals surface area contributed by atoms with E-state index < -0.39 is 12.0 Å². The van der Waals surface area contributed by atoms with E-state index in [1.54, 1.807) is 0 Å². The third-order valence-electron chi connectivity index (χ3n) is 2.31. The molecular weight excluding hydrogens is 184 g/mol. The van der Waals surface area contributed by atoms with Gasteiger partial charge in [-0.05, 0) is 14.1 Å². The molecule has 5 heteroatoms. The molecule has 1 atom stereocenters. The van der Waals surface area contributed by atoms with Gasteiger partial charge in [0.1, 0.15) is 6.04 Å². The van der Waals surface area contributed by atoms with Crippen LogP contribution in [0.4, 0.5) is 0 Å². The second-order valence-electron chi connectivity index (χ2n) is 3.76. The van der Waals surface area contributed by atoms with E-state index in [9.17, 15) is 4.79 Å². The molecule has 1 heterocycles. The summed E-state index contributed by atoms with van der Waals surface area (Å²) < 4.78 is 5.19. The number of likely N-dealkylation sites (N-methyl/N-ethyl adjacent to an activating group) is 1. The summed E-state index contributed by atoms with van der Waals surface area (Å²) in [5.74, 6) is -0.749. The van der Waals surface area contributed by atoms with Gasteiger partial charge in [-0.3, -0.25) is 9.69 Å². The molecule has 1 saturated heterocycles. The molecule has 0 aromatic rings. The third-order valence-corrected chi connectivity index (χ3v) is 2.31. The largest absolute Gasteiger partial charge is 0.480 e. The van der Waals surface area contributed by atoms with Gasteiger partial charge in [0.2, 0.25) is 0 Å². The van der Waals surface area contributed by atoms with Crippen molar-refractivity contribution in [3.8, 4) is 0 Å². The fourth-order valence-corrected chi connectivity index (χ4v) is 1.58. The molecule has 0 aromatic heterocycles. The molecule has 5 nitrogen and oxygen atoms in total. The second kappa shape index (κ2) is 5.29. The fraction of sp³-hybridized carbons (Fsp3) is 0.889. The average Bonchev–Trinajstić information content (AvgIpc) is 2.15. The second-order valence-corrected chi connectivity index (χ2v) is 3.76. The first-order valence-electron chi connectivity index (χ1n) is 4.80. The minimum absolute atomic E-state index is 0.408. The molecule has 0 radical (unpaired) electrons. The van der Waals surface area contributed by atoms with Crippen LogP contribution in [0.15, 0.2) is 0 Å². The lowest BCUT2D eigenvalue weighted by Crippen LogP contribution is -2.51. The van der Waals surface area contributed by atoms with Gasteiger partial charge in [-0.25, -0.2) is 0 Å². The summed E-state index contributed by atoms with van der Waals surface area (Å²) in [6.45, 7) is 3.25. The Morgan fingerprint density at radius 3 is 2.50 bits per heavy atom. The number of hydrogen-bond acceptors (Lipinski definition) is 4. The molecule has 1 fully saturated rings. The van der Waals surface area contributed by atoms with E-state index in [2.05, 4.69) is 0 Å². The Labute approximate surface area is 84.2 Å². The van der Waals surface area contributed by atoms with Gasteiger partial charge in [0.05, 0.1) is 13.2 Å². The maximum Gasteiger partial charge on any atom is 0.322 e. The van der Waals surface area contributed by atoms with Gasteiger partial charge in [0, 0.05) is 19.6 Å². The molecule has 0 aliphatic carbocycles. The maximum absolute atomic E-state index is 11.0.